The molecular formula is C16H22N2O2. The van der Waals surface area contributed by atoms with Crippen LogP contribution in [0.3, 0.4) is 0 Å². The Hall–Kier alpha value is -1.84. The van der Waals surface area contributed by atoms with Gasteiger partial charge in [-0.2, -0.15) is 0 Å². The van der Waals surface area contributed by atoms with Gasteiger partial charge >= 0.3 is 0 Å². The number of rotatable bonds is 8. The molecule has 2 aliphatic carbocycles. The average Bonchev–Trinajstić information content (AvgIpc) is 3.33. The van der Waals surface area contributed by atoms with Gasteiger partial charge in [0.25, 0.3) is 0 Å². The van der Waals surface area contributed by atoms with Crippen LogP contribution in [0.4, 0.5) is 0 Å². The van der Waals surface area contributed by atoms with E-state index in [1.165, 1.54) is 12.2 Å². The SMILES string of the molecule is C=CC(=O)N(CC=CCN(C(=O)C=C)C1CC1)C1CC1. The summed E-state index contributed by atoms with van der Waals surface area (Å²) in [5, 5.41) is 0. The minimum absolute atomic E-state index is 0.0154. The highest BCUT2D eigenvalue weighted by atomic mass is 16.2. The molecule has 0 saturated heterocycles. The summed E-state index contributed by atoms with van der Waals surface area (Å²) in [5.74, 6) is -0.0308. The lowest BCUT2D eigenvalue weighted by atomic mass is 10.3. The highest BCUT2D eigenvalue weighted by Crippen LogP contribution is 2.28. The van der Waals surface area contributed by atoms with E-state index in [4.69, 9.17) is 0 Å². The third-order valence-corrected chi connectivity index (χ3v) is 3.66. The van der Waals surface area contributed by atoms with Gasteiger partial charge in [-0.1, -0.05) is 25.3 Å². The summed E-state index contributed by atoms with van der Waals surface area (Å²) < 4.78 is 0. The Morgan fingerprint density at radius 2 is 1.20 bits per heavy atom. The molecule has 0 aromatic rings. The molecule has 0 unspecified atom stereocenters. The van der Waals surface area contributed by atoms with E-state index in [0.717, 1.165) is 25.7 Å². The lowest BCUT2D eigenvalue weighted by molar-refractivity contribution is -0.127. The van der Waals surface area contributed by atoms with Crippen LogP contribution in [0.25, 0.3) is 0 Å². The van der Waals surface area contributed by atoms with E-state index in [-0.39, 0.29) is 11.8 Å². The molecule has 2 saturated carbocycles. The monoisotopic (exact) mass is 274 g/mol. The van der Waals surface area contributed by atoms with Gasteiger partial charge in [0.05, 0.1) is 0 Å². The number of amides is 2. The van der Waals surface area contributed by atoms with Gasteiger partial charge in [-0.05, 0) is 37.8 Å². The Morgan fingerprint density at radius 3 is 1.45 bits per heavy atom. The van der Waals surface area contributed by atoms with Gasteiger partial charge in [0.1, 0.15) is 0 Å². The molecule has 0 aromatic carbocycles. The molecule has 2 rings (SSSR count). The standard InChI is InChI=1S/C16H22N2O2/c1-3-15(19)17(13-7-8-13)11-5-6-12-18(14-9-10-14)16(20)4-2/h3-6,13-14H,1-2,7-12H2. The molecule has 0 bridgehead atoms. The van der Waals surface area contributed by atoms with E-state index in [0.29, 0.717) is 25.2 Å². The minimum Gasteiger partial charge on any atom is -0.332 e. The maximum atomic E-state index is 11.7. The van der Waals surface area contributed by atoms with Crippen molar-refractivity contribution in [3.63, 3.8) is 0 Å². The summed E-state index contributed by atoms with van der Waals surface area (Å²) in [4.78, 5) is 27.0. The van der Waals surface area contributed by atoms with Crippen LogP contribution < -0.4 is 0 Å². The van der Waals surface area contributed by atoms with E-state index >= 15 is 0 Å². The lowest BCUT2D eigenvalue weighted by Crippen LogP contribution is -2.33. The molecule has 0 spiro atoms. The summed E-state index contributed by atoms with van der Waals surface area (Å²) in [7, 11) is 0. The second-order valence-electron chi connectivity index (χ2n) is 5.32. The average molecular weight is 274 g/mol. The van der Waals surface area contributed by atoms with Gasteiger partial charge in [0, 0.05) is 25.2 Å². The van der Waals surface area contributed by atoms with Crippen LogP contribution in [0.1, 0.15) is 25.7 Å². The normalized spacial score (nSPS) is 17.8. The second kappa shape index (κ2) is 6.55. The Morgan fingerprint density at radius 1 is 0.850 bits per heavy atom. The molecule has 0 atom stereocenters. The highest BCUT2D eigenvalue weighted by molar-refractivity contribution is 5.88. The van der Waals surface area contributed by atoms with Gasteiger partial charge in [-0.3, -0.25) is 9.59 Å². The molecule has 4 heteroatoms. The smallest absolute Gasteiger partial charge is 0.246 e. The van der Waals surface area contributed by atoms with Crippen LogP contribution >= 0.6 is 0 Å². The number of nitrogens with zero attached hydrogens (tertiary/aromatic N) is 2. The zero-order valence-corrected chi connectivity index (χ0v) is 11.8. The minimum atomic E-state index is -0.0154. The van der Waals surface area contributed by atoms with Crippen molar-refractivity contribution < 1.29 is 9.59 Å². The number of carbonyl (C=O) groups excluding carboxylic acids is 2. The van der Waals surface area contributed by atoms with E-state index in [1.54, 1.807) is 0 Å². The van der Waals surface area contributed by atoms with Crippen LogP contribution in [0.5, 0.6) is 0 Å². The molecule has 0 N–H and O–H groups in total. The molecule has 20 heavy (non-hydrogen) atoms. The van der Waals surface area contributed by atoms with Crippen molar-refractivity contribution in [2.24, 2.45) is 0 Å². The maximum Gasteiger partial charge on any atom is 0.246 e. The van der Waals surface area contributed by atoms with Crippen molar-refractivity contribution in [2.45, 2.75) is 37.8 Å². The molecule has 2 fully saturated rings. The van der Waals surface area contributed by atoms with E-state index in [1.807, 2.05) is 22.0 Å². The maximum absolute atomic E-state index is 11.7. The zero-order valence-electron chi connectivity index (χ0n) is 11.8. The number of hydrogen-bond donors (Lipinski definition) is 0. The Bertz CT molecular complexity index is 394. The second-order valence-corrected chi connectivity index (χ2v) is 5.32. The first-order valence-corrected chi connectivity index (χ1v) is 7.18. The molecule has 4 nitrogen and oxygen atoms in total. The molecule has 108 valence electrons. The van der Waals surface area contributed by atoms with E-state index in [2.05, 4.69) is 13.2 Å². The summed E-state index contributed by atoms with van der Waals surface area (Å²) in [6, 6.07) is 0.749. The fourth-order valence-corrected chi connectivity index (χ4v) is 2.22. The van der Waals surface area contributed by atoms with Crippen molar-refractivity contribution in [3.8, 4) is 0 Å². The van der Waals surface area contributed by atoms with Crippen LogP contribution in [-0.4, -0.2) is 46.8 Å². The van der Waals surface area contributed by atoms with Crippen LogP contribution in [0, 0.1) is 0 Å². The highest BCUT2D eigenvalue weighted by Gasteiger charge is 2.31. The Kier molecular flexibility index (Phi) is 4.77. The summed E-state index contributed by atoms with van der Waals surface area (Å²) in [6.45, 7) is 8.26. The first-order valence-electron chi connectivity index (χ1n) is 7.18. The third kappa shape index (κ3) is 3.83. The number of carbonyl (C=O) groups is 2. The van der Waals surface area contributed by atoms with Crippen molar-refractivity contribution in [3.05, 3.63) is 37.5 Å². The first kappa shape index (κ1) is 14.6. The third-order valence-electron chi connectivity index (χ3n) is 3.66. The molecule has 2 amide bonds. The Labute approximate surface area is 120 Å². The van der Waals surface area contributed by atoms with Crippen LogP contribution in [0.2, 0.25) is 0 Å². The summed E-state index contributed by atoms with van der Waals surface area (Å²) in [6.07, 6.45) is 11.0. The van der Waals surface area contributed by atoms with Gasteiger partial charge in [0.15, 0.2) is 0 Å². The Balaban J connectivity index is 1.82. The van der Waals surface area contributed by atoms with Crippen molar-refractivity contribution in [1.82, 2.24) is 9.80 Å². The zero-order chi connectivity index (χ0) is 14.5. The topological polar surface area (TPSA) is 40.6 Å². The van der Waals surface area contributed by atoms with Gasteiger partial charge in [-0.25, -0.2) is 0 Å². The van der Waals surface area contributed by atoms with Gasteiger partial charge in [-0.15, -0.1) is 0 Å². The molecular weight excluding hydrogens is 252 g/mol. The van der Waals surface area contributed by atoms with Crippen molar-refractivity contribution >= 4 is 11.8 Å². The van der Waals surface area contributed by atoms with Gasteiger partial charge in [0.2, 0.25) is 11.8 Å². The summed E-state index contributed by atoms with van der Waals surface area (Å²) >= 11 is 0. The van der Waals surface area contributed by atoms with Gasteiger partial charge < -0.3 is 9.80 Å². The predicted molar refractivity (Wildman–Crippen MR) is 79.0 cm³/mol. The fraction of sp³-hybridized carbons (Fsp3) is 0.500. The largest absolute Gasteiger partial charge is 0.332 e. The van der Waals surface area contributed by atoms with Crippen LogP contribution in [0.15, 0.2) is 37.5 Å². The molecule has 2 aliphatic rings. The summed E-state index contributed by atoms with van der Waals surface area (Å²) in [5.41, 5.74) is 0. The molecule has 0 radical (unpaired) electrons. The van der Waals surface area contributed by atoms with E-state index < -0.39 is 0 Å². The quantitative estimate of drug-likeness (QED) is 0.501. The fourth-order valence-electron chi connectivity index (χ4n) is 2.22. The van der Waals surface area contributed by atoms with Crippen molar-refractivity contribution in [2.75, 3.05) is 13.1 Å². The van der Waals surface area contributed by atoms with E-state index in [9.17, 15) is 9.59 Å². The number of hydrogen-bond acceptors (Lipinski definition) is 2. The first-order chi connectivity index (χ1) is 9.67. The van der Waals surface area contributed by atoms with Crippen molar-refractivity contribution in [1.29, 1.82) is 0 Å². The predicted octanol–water partition coefficient (Wildman–Crippen LogP) is 1.90. The molecule has 0 heterocycles. The lowest BCUT2D eigenvalue weighted by Gasteiger charge is -2.20. The molecule has 0 aliphatic heterocycles. The van der Waals surface area contributed by atoms with Crippen LogP contribution in [-0.2, 0) is 9.59 Å². The molecule has 0 aromatic heterocycles.